The largest absolute Gasteiger partial charge is 0.481 e. The molecule has 0 fully saturated rings. The number of carbonyl (C=O) groups is 14. The number of amides is 11. The van der Waals surface area contributed by atoms with E-state index in [2.05, 4.69) is 42.2 Å². The second-order valence-corrected chi connectivity index (χ2v) is 20.1. The van der Waals surface area contributed by atoms with E-state index in [1.807, 2.05) is 10.6 Å². The molecule has 0 aromatic heterocycles. The van der Waals surface area contributed by atoms with Gasteiger partial charge in [-0.1, -0.05) is 41.5 Å². The Balaban J connectivity index is 6.43. The first-order valence-electron chi connectivity index (χ1n) is 25.5. The zero-order valence-electron chi connectivity index (χ0n) is 45.8. The minimum Gasteiger partial charge on any atom is -0.481 e. The van der Waals surface area contributed by atoms with Crippen LogP contribution in [0, 0.1) is 17.8 Å². The summed E-state index contributed by atoms with van der Waals surface area (Å²) >= 11 is 0. The number of hydrogen-bond donors (Lipinski definition) is 18. The number of aliphatic hydroxyl groups excluding tert-OH is 1. The van der Waals surface area contributed by atoms with Crippen LogP contribution in [0.2, 0.25) is 0 Å². The van der Waals surface area contributed by atoms with Crippen LogP contribution in [0.4, 0.5) is 0 Å². The van der Waals surface area contributed by atoms with E-state index in [0.717, 1.165) is 6.92 Å². The second-order valence-electron chi connectivity index (χ2n) is 20.1. The highest BCUT2D eigenvalue weighted by Gasteiger charge is 2.36. The van der Waals surface area contributed by atoms with E-state index in [1.54, 1.807) is 41.5 Å². The fourth-order valence-electron chi connectivity index (χ4n) is 7.30. The lowest BCUT2D eigenvalue weighted by atomic mass is 10.0. The maximum Gasteiger partial charge on any atom is 0.326 e. The van der Waals surface area contributed by atoms with Crippen molar-refractivity contribution in [1.82, 2.24) is 47.9 Å². The molecule has 80 heavy (non-hydrogen) atoms. The Morgan fingerprint density at radius 2 is 0.775 bits per heavy atom. The van der Waals surface area contributed by atoms with Gasteiger partial charge in [0, 0.05) is 13.0 Å². The molecule has 33 nitrogen and oxygen atoms in total. The van der Waals surface area contributed by atoms with Crippen molar-refractivity contribution in [2.24, 2.45) is 51.4 Å². The number of aliphatic hydroxyl groups is 1. The van der Waals surface area contributed by atoms with Crippen molar-refractivity contribution in [3.63, 3.8) is 0 Å². The minimum absolute atomic E-state index is 0.0398. The van der Waals surface area contributed by atoms with Crippen LogP contribution in [-0.2, 0) is 67.1 Å². The summed E-state index contributed by atoms with van der Waals surface area (Å²) in [6, 6.07) is -16.6. The number of aliphatic imine (C=N–C) groups is 1. The predicted octanol–water partition coefficient (Wildman–Crippen LogP) is -6.94. The normalized spacial score (nSPS) is 14.8. The average Bonchev–Trinajstić information content (AvgIpc) is 3.32. The topological polar surface area (TPSA) is 571 Å². The summed E-state index contributed by atoms with van der Waals surface area (Å²) in [5.41, 5.74) is 27.1. The summed E-state index contributed by atoms with van der Waals surface area (Å²) in [5, 5.41) is 59.1. The number of carboxylic acids is 3. The lowest BCUT2D eigenvalue weighted by molar-refractivity contribution is -0.142. The fourth-order valence-corrected chi connectivity index (χ4v) is 7.30. The molecule has 0 aliphatic heterocycles. The van der Waals surface area contributed by atoms with Gasteiger partial charge in [-0.3, -0.25) is 67.3 Å². The maximum atomic E-state index is 13.7. The number of hydrogen-bond acceptors (Lipinski definition) is 17. The zero-order valence-corrected chi connectivity index (χ0v) is 45.8. The second kappa shape index (κ2) is 36.0. The summed E-state index contributed by atoms with van der Waals surface area (Å²) < 4.78 is 0. The van der Waals surface area contributed by atoms with Crippen molar-refractivity contribution < 1.29 is 87.5 Å². The number of aliphatic carboxylic acids is 3. The number of carboxylic acid groups (broad SMARTS) is 3. The highest BCUT2D eigenvalue weighted by molar-refractivity contribution is 6.00. The van der Waals surface area contributed by atoms with Crippen molar-refractivity contribution >= 4 is 88.8 Å². The SMILES string of the molecule is CC(C)C[C@H](NC(=O)[C@H](CCC(N)=O)NC(=O)[C@H](C)NC(=O)[C@H](CC(N)=O)NC(=O)[C@H](CC(=O)O)NC(=O)[C@H](CO)NC(=O)[C@H](CC(C)C)NC(=O)[C@H](CC(=O)O)NC(=O)[C@@H](N)CC(C)C)C(=O)N[C@@H](CCCN=C(N)N)C(=O)O. The highest BCUT2D eigenvalue weighted by Crippen LogP contribution is 2.11. The van der Waals surface area contributed by atoms with Gasteiger partial charge in [0.1, 0.15) is 54.4 Å². The Bertz CT molecular complexity index is 2240. The van der Waals surface area contributed by atoms with Crippen LogP contribution in [0.25, 0.3) is 0 Å². The molecule has 11 amide bonds. The molecule has 0 aliphatic rings. The molecule has 452 valence electrons. The first kappa shape index (κ1) is 71.8. The highest BCUT2D eigenvalue weighted by atomic mass is 16.4. The summed E-state index contributed by atoms with van der Waals surface area (Å²) in [7, 11) is 0. The van der Waals surface area contributed by atoms with E-state index in [0.29, 0.717) is 0 Å². The van der Waals surface area contributed by atoms with Gasteiger partial charge in [-0.15, -0.1) is 0 Å². The molecular formula is C47H81N15O18. The van der Waals surface area contributed by atoms with Gasteiger partial charge in [0.15, 0.2) is 5.96 Å². The molecule has 23 N–H and O–H groups in total. The van der Waals surface area contributed by atoms with Crippen molar-refractivity contribution in [2.75, 3.05) is 13.2 Å². The molecule has 0 spiro atoms. The van der Waals surface area contributed by atoms with E-state index in [-0.39, 0.29) is 62.4 Å². The molecule has 0 bridgehead atoms. The molecule has 0 heterocycles. The van der Waals surface area contributed by atoms with Crippen LogP contribution in [0.1, 0.15) is 113 Å². The van der Waals surface area contributed by atoms with Gasteiger partial charge < -0.3 is 96.9 Å². The smallest absolute Gasteiger partial charge is 0.326 e. The average molecular weight is 1140 g/mol. The molecule has 10 atom stereocenters. The number of rotatable bonds is 39. The monoisotopic (exact) mass is 1140 g/mol. The summed E-state index contributed by atoms with van der Waals surface area (Å²) in [5.74, 6) is -18.0. The number of primary amides is 2. The summed E-state index contributed by atoms with van der Waals surface area (Å²) in [6.07, 6.45) is -4.06. The standard InChI is InChI=1S/C47H81N15O18/c1-20(2)13-24(48)38(71)57-30(17-35(66)67)43(76)59-28(15-22(5)6)42(75)62-32(19-63)45(78)61-31(18-36(68)69)44(77)60-29(16-34(50)65)40(73)54-23(7)37(70)55-25(10-11-33(49)64)39(72)58-27(14-21(3)4)41(74)56-26(46(79)80)9-8-12-53-47(51)52/h20-32,63H,8-19,48H2,1-7H3,(H2,49,64)(H2,50,65)(H,54,73)(H,55,70)(H,56,74)(H,57,71)(H,58,72)(H,59,76)(H,60,77)(H,61,78)(H,62,75)(H,66,67)(H,68,69)(H,79,80)(H4,51,52,53)/t23-,24-,25-,26-,27-,28-,29-,30-,31-,32-/m0/s1. The predicted molar refractivity (Wildman–Crippen MR) is 281 cm³/mol. The Hall–Kier alpha value is -8.23. The Kier molecular flexibility index (Phi) is 32.3. The van der Waals surface area contributed by atoms with Crippen LogP contribution in [0.3, 0.4) is 0 Å². The molecule has 0 unspecified atom stereocenters. The molecule has 0 saturated heterocycles. The number of carbonyl (C=O) groups excluding carboxylic acids is 11. The van der Waals surface area contributed by atoms with Crippen LogP contribution >= 0.6 is 0 Å². The molecule has 0 aromatic rings. The zero-order chi connectivity index (χ0) is 61.7. The molecule has 33 heteroatoms. The molecular weight excluding hydrogens is 1060 g/mol. The Labute approximate surface area is 461 Å². The van der Waals surface area contributed by atoms with Crippen LogP contribution in [-0.4, -0.2) is 183 Å². The summed E-state index contributed by atoms with van der Waals surface area (Å²) in [4.78, 5) is 184. The van der Waals surface area contributed by atoms with E-state index >= 15 is 0 Å². The number of nitrogens with one attached hydrogen (secondary N) is 9. The van der Waals surface area contributed by atoms with E-state index in [1.165, 1.54) is 0 Å². The molecule has 0 aliphatic carbocycles. The first-order chi connectivity index (χ1) is 37.1. The summed E-state index contributed by atoms with van der Waals surface area (Å²) in [6.45, 7) is 10.1. The Morgan fingerprint density at radius 1 is 0.412 bits per heavy atom. The van der Waals surface area contributed by atoms with Crippen molar-refractivity contribution in [3.8, 4) is 0 Å². The van der Waals surface area contributed by atoms with Crippen molar-refractivity contribution in [1.29, 1.82) is 0 Å². The van der Waals surface area contributed by atoms with Crippen molar-refractivity contribution in [3.05, 3.63) is 0 Å². The van der Waals surface area contributed by atoms with Crippen molar-refractivity contribution in [2.45, 2.75) is 173 Å². The number of nitrogens with zero attached hydrogens (tertiary/aromatic N) is 1. The Morgan fingerprint density at radius 3 is 1.18 bits per heavy atom. The third-order valence-corrected chi connectivity index (χ3v) is 11.2. The lowest BCUT2D eigenvalue weighted by Crippen LogP contribution is -2.61. The van der Waals surface area contributed by atoms with Gasteiger partial charge in [-0.2, -0.15) is 0 Å². The third-order valence-electron chi connectivity index (χ3n) is 11.2. The molecule has 0 aromatic carbocycles. The van der Waals surface area contributed by atoms with E-state index < -0.39 is 182 Å². The molecule has 0 rings (SSSR count). The van der Waals surface area contributed by atoms with Gasteiger partial charge in [0.25, 0.3) is 0 Å². The van der Waals surface area contributed by atoms with Crippen LogP contribution in [0.15, 0.2) is 4.99 Å². The quantitative estimate of drug-likeness (QED) is 0.0154. The van der Waals surface area contributed by atoms with Gasteiger partial charge in [0.2, 0.25) is 65.0 Å². The number of nitrogens with two attached hydrogens (primary N) is 5. The van der Waals surface area contributed by atoms with Crippen LogP contribution in [0.5, 0.6) is 0 Å². The minimum atomic E-state index is -2.12. The van der Waals surface area contributed by atoms with E-state index in [9.17, 15) is 87.5 Å². The maximum absolute atomic E-state index is 13.7. The van der Waals surface area contributed by atoms with Gasteiger partial charge in [-0.25, -0.2) is 4.79 Å². The van der Waals surface area contributed by atoms with Crippen LogP contribution < -0.4 is 76.5 Å². The van der Waals surface area contributed by atoms with Gasteiger partial charge in [-0.05, 0) is 63.2 Å². The number of guanidine groups is 1. The first-order valence-corrected chi connectivity index (χ1v) is 25.5. The molecule has 0 radical (unpaired) electrons. The van der Waals surface area contributed by atoms with Gasteiger partial charge in [0.05, 0.1) is 31.9 Å². The molecule has 0 saturated carbocycles. The van der Waals surface area contributed by atoms with E-state index in [4.69, 9.17) is 28.7 Å². The third kappa shape index (κ3) is 29.5. The van der Waals surface area contributed by atoms with Gasteiger partial charge >= 0.3 is 17.9 Å². The fraction of sp³-hybridized carbons (Fsp3) is 0.681. The lowest BCUT2D eigenvalue weighted by Gasteiger charge is -2.27.